The van der Waals surface area contributed by atoms with Gasteiger partial charge in [-0.25, -0.2) is 4.39 Å². The third-order valence-corrected chi connectivity index (χ3v) is 4.87. The first-order valence-electron chi connectivity index (χ1n) is 5.19. The lowest BCUT2D eigenvalue weighted by Gasteiger charge is -2.12. The van der Waals surface area contributed by atoms with Crippen molar-refractivity contribution in [2.24, 2.45) is 0 Å². The Hall–Kier alpha value is -0.710. The van der Waals surface area contributed by atoms with Crippen molar-refractivity contribution >= 4 is 27.3 Å². The largest absolute Gasteiger partial charge is 0.383 e. The number of hydrogen-bond donors (Lipinski definition) is 1. The molecule has 0 aliphatic carbocycles. The zero-order valence-corrected chi connectivity index (χ0v) is 11.9. The predicted octanol–water partition coefficient (Wildman–Crippen LogP) is 4.35. The molecule has 4 heteroatoms. The van der Waals surface area contributed by atoms with E-state index < -0.39 is 6.10 Å². The molecule has 1 aromatic heterocycles. The molecule has 1 N–H and O–H groups in total. The van der Waals surface area contributed by atoms with Crippen LogP contribution in [0, 0.1) is 19.7 Å². The molecule has 0 radical (unpaired) electrons. The topological polar surface area (TPSA) is 20.2 Å². The highest BCUT2D eigenvalue weighted by Crippen LogP contribution is 2.34. The van der Waals surface area contributed by atoms with Crippen LogP contribution in [0.3, 0.4) is 0 Å². The molecule has 2 aromatic rings. The summed E-state index contributed by atoms with van der Waals surface area (Å²) < 4.78 is 14.2. The van der Waals surface area contributed by atoms with Gasteiger partial charge in [0.15, 0.2) is 0 Å². The standard InChI is InChI=1S/C13H12BrFOS/c1-7-3-4-9(15)5-10(7)13(16)12-6-11(14)8(2)17-12/h3-6,13,16H,1-2H3. The van der Waals surface area contributed by atoms with Gasteiger partial charge in [-0.2, -0.15) is 0 Å². The minimum Gasteiger partial charge on any atom is -0.383 e. The minimum absolute atomic E-state index is 0.322. The highest BCUT2D eigenvalue weighted by Gasteiger charge is 2.17. The van der Waals surface area contributed by atoms with Gasteiger partial charge in [-0.15, -0.1) is 11.3 Å². The zero-order chi connectivity index (χ0) is 12.6. The van der Waals surface area contributed by atoms with Gasteiger partial charge < -0.3 is 5.11 Å². The molecular formula is C13H12BrFOS. The summed E-state index contributed by atoms with van der Waals surface area (Å²) in [6.45, 7) is 3.84. The van der Waals surface area contributed by atoms with Crippen LogP contribution in [-0.2, 0) is 0 Å². The molecule has 17 heavy (non-hydrogen) atoms. The quantitative estimate of drug-likeness (QED) is 0.873. The first kappa shape index (κ1) is 12.7. The molecule has 0 spiro atoms. The smallest absolute Gasteiger partial charge is 0.123 e. The fourth-order valence-electron chi connectivity index (χ4n) is 1.68. The highest BCUT2D eigenvalue weighted by atomic mass is 79.9. The Balaban J connectivity index is 2.42. The average Bonchev–Trinajstić information content (AvgIpc) is 2.62. The van der Waals surface area contributed by atoms with Gasteiger partial charge in [0, 0.05) is 14.2 Å². The predicted molar refractivity (Wildman–Crippen MR) is 72.0 cm³/mol. The van der Waals surface area contributed by atoms with Crippen LogP contribution in [0.15, 0.2) is 28.7 Å². The van der Waals surface area contributed by atoms with Crippen molar-refractivity contribution in [1.29, 1.82) is 0 Å². The summed E-state index contributed by atoms with van der Waals surface area (Å²) >= 11 is 4.93. The van der Waals surface area contributed by atoms with Gasteiger partial charge in [0.1, 0.15) is 11.9 Å². The maximum absolute atomic E-state index is 13.2. The van der Waals surface area contributed by atoms with Crippen LogP contribution in [0.1, 0.15) is 27.0 Å². The fraction of sp³-hybridized carbons (Fsp3) is 0.231. The third-order valence-electron chi connectivity index (χ3n) is 2.68. The van der Waals surface area contributed by atoms with Gasteiger partial charge in [-0.1, -0.05) is 6.07 Å². The number of hydrogen-bond acceptors (Lipinski definition) is 2. The second-order valence-electron chi connectivity index (χ2n) is 3.96. The van der Waals surface area contributed by atoms with E-state index in [-0.39, 0.29) is 5.82 Å². The van der Waals surface area contributed by atoms with E-state index in [0.717, 1.165) is 19.8 Å². The molecule has 1 aromatic carbocycles. The van der Waals surface area contributed by atoms with E-state index in [1.54, 1.807) is 6.07 Å². The summed E-state index contributed by atoms with van der Waals surface area (Å²) in [4.78, 5) is 1.93. The normalized spacial score (nSPS) is 12.8. The second-order valence-corrected chi connectivity index (χ2v) is 6.10. The number of aliphatic hydroxyl groups is 1. The van der Waals surface area contributed by atoms with Crippen molar-refractivity contribution in [1.82, 2.24) is 0 Å². The van der Waals surface area contributed by atoms with Crippen molar-refractivity contribution < 1.29 is 9.50 Å². The summed E-state index contributed by atoms with van der Waals surface area (Å²) in [6, 6.07) is 6.36. The Kier molecular flexibility index (Phi) is 3.66. The Labute approximate surface area is 112 Å². The van der Waals surface area contributed by atoms with Crippen molar-refractivity contribution in [3.8, 4) is 0 Å². The molecule has 0 aliphatic rings. The summed E-state index contributed by atoms with van der Waals surface area (Å²) in [5.74, 6) is -0.322. The summed E-state index contributed by atoms with van der Waals surface area (Å²) in [5, 5.41) is 10.3. The fourth-order valence-corrected chi connectivity index (χ4v) is 3.24. The highest BCUT2D eigenvalue weighted by molar-refractivity contribution is 9.10. The molecule has 0 bridgehead atoms. The number of aliphatic hydroxyl groups excluding tert-OH is 1. The Morgan fingerprint density at radius 3 is 2.59 bits per heavy atom. The molecule has 0 fully saturated rings. The van der Waals surface area contributed by atoms with Crippen LogP contribution in [0.25, 0.3) is 0 Å². The van der Waals surface area contributed by atoms with Crippen LogP contribution in [0.5, 0.6) is 0 Å². The summed E-state index contributed by atoms with van der Waals surface area (Å²) in [6.07, 6.45) is -0.763. The SMILES string of the molecule is Cc1ccc(F)cc1C(O)c1cc(Br)c(C)s1. The van der Waals surface area contributed by atoms with E-state index in [1.165, 1.54) is 23.5 Å². The molecule has 1 atom stereocenters. The van der Waals surface area contributed by atoms with Gasteiger partial charge >= 0.3 is 0 Å². The number of rotatable bonds is 2. The van der Waals surface area contributed by atoms with Gasteiger partial charge in [0.25, 0.3) is 0 Å². The van der Waals surface area contributed by atoms with Crippen LogP contribution >= 0.6 is 27.3 Å². The molecule has 0 amide bonds. The van der Waals surface area contributed by atoms with Crippen molar-refractivity contribution in [3.63, 3.8) is 0 Å². The number of aryl methyl sites for hydroxylation is 2. The minimum atomic E-state index is -0.763. The molecular weight excluding hydrogens is 303 g/mol. The molecule has 2 rings (SSSR count). The lowest BCUT2D eigenvalue weighted by atomic mass is 10.0. The monoisotopic (exact) mass is 314 g/mol. The van der Waals surface area contributed by atoms with Crippen molar-refractivity contribution in [2.75, 3.05) is 0 Å². The van der Waals surface area contributed by atoms with Crippen molar-refractivity contribution in [2.45, 2.75) is 20.0 Å². The molecule has 1 unspecified atom stereocenters. The van der Waals surface area contributed by atoms with Crippen LogP contribution in [0.4, 0.5) is 4.39 Å². The zero-order valence-electron chi connectivity index (χ0n) is 9.50. The lowest BCUT2D eigenvalue weighted by molar-refractivity contribution is 0.223. The maximum Gasteiger partial charge on any atom is 0.123 e. The first-order chi connectivity index (χ1) is 7.99. The van der Waals surface area contributed by atoms with E-state index in [4.69, 9.17) is 0 Å². The van der Waals surface area contributed by atoms with E-state index in [1.807, 2.05) is 19.9 Å². The Morgan fingerprint density at radius 2 is 2.00 bits per heavy atom. The number of thiophene rings is 1. The third kappa shape index (κ3) is 2.59. The van der Waals surface area contributed by atoms with E-state index >= 15 is 0 Å². The molecule has 1 nitrogen and oxygen atoms in total. The van der Waals surface area contributed by atoms with E-state index in [2.05, 4.69) is 15.9 Å². The van der Waals surface area contributed by atoms with E-state index in [0.29, 0.717) is 5.56 Å². The first-order valence-corrected chi connectivity index (χ1v) is 6.80. The Morgan fingerprint density at radius 1 is 1.29 bits per heavy atom. The van der Waals surface area contributed by atoms with Gasteiger partial charge in [0.2, 0.25) is 0 Å². The lowest BCUT2D eigenvalue weighted by Crippen LogP contribution is -2.00. The molecule has 90 valence electrons. The van der Waals surface area contributed by atoms with Gasteiger partial charge in [-0.3, -0.25) is 0 Å². The van der Waals surface area contributed by atoms with Crippen molar-refractivity contribution in [3.05, 3.63) is 55.4 Å². The van der Waals surface area contributed by atoms with Gasteiger partial charge in [-0.05, 0) is 59.1 Å². The van der Waals surface area contributed by atoms with Crippen LogP contribution < -0.4 is 0 Å². The number of benzene rings is 1. The molecule has 0 aliphatic heterocycles. The van der Waals surface area contributed by atoms with Gasteiger partial charge in [0.05, 0.1) is 0 Å². The Bertz CT molecular complexity index is 531. The average molecular weight is 315 g/mol. The van der Waals surface area contributed by atoms with Crippen LogP contribution in [0.2, 0.25) is 0 Å². The molecule has 0 saturated carbocycles. The number of halogens is 2. The molecule has 0 saturated heterocycles. The van der Waals surface area contributed by atoms with Crippen LogP contribution in [-0.4, -0.2) is 5.11 Å². The summed E-state index contributed by atoms with van der Waals surface area (Å²) in [7, 11) is 0. The summed E-state index contributed by atoms with van der Waals surface area (Å²) in [5.41, 5.74) is 1.51. The maximum atomic E-state index is 13.2. The molecule has 1 heterocycles. The van der Waals surface area contributed by atoms with E-state index in [9.17, 15) is 9.50 Å². The second kappa shape index (κ2) is 4.88.